The van der Waals surface area contributed by atoms with Crippen LogP contribution in [0.4, 0.5) is 10.2 Å². The molecule has 2 unspecified atom stereocenters. The van der Waals surface area contributed by atoms with E-state index in [2.05, 4.69) is 63.0 Å². The van der Waals surface area contributed by atoms with Crippen LogP contribution < -0.4 is 15.0 Å². The predicted molar refractivity (Wildman–Crippen MR) is 202 cm³/mol. The summed E-state index contributed by atoms with van der Waals surface area (Å²) >= 11 is 0. The first-order valence-corrected chi connectivity index (χ1v) is 18.5. The van der Waals surface area contributed by atoms with Crippen LogP contribution >= 0.6 is 0 Å². The van der Waals surface area contributed by atoms with Crippen molar-refractivity contribution in [2.75, 3.05) is 58.3 Å². The highest BCUT2D eigenvalue weighted by atomic mass is 19.1. The fourth-order valence-corrected chi connectivity index (χ4v) is 7.10. The molecule has 2 amide bonds. The normalized spacial score (nSPS) is 16.3. The van der Waals surface area contributed by atoms with Crippen molar-refractivity contribution in [3.63, 3.8) is 0 Å². The van der Waals surface area contributed by atoms with Gasteiger partial charge in [-0.1, -0.05) is 13.8 Å². The minimum Gasteiger partial charge on any atom is -0.478 e. The largest absolute Gasteiger partial charge is 0.478 e. The zero-order valence-corrected chi connectivity index (χ0v) is 32.8. The molecule has 0 aliphatic carbocycles. The molecular weight excluding hydrogens is 699 g/mol. The van der Waals surface area contributed by atoms with Gasteiger partial charge in [-0.2, -0.15) is 0 Å². The number of benzene rings is 1. The molecule has 0 bridgehead atoms. The number of carbonyl (C=O) groups excluding carboxylic acids is 2. The Bertz CT molecular complexity index is 1600. The van der Waals surface area contributed by atoms with Gasteiger partial charge in [-0.05, 0) is 84.7 Å². The molecule has 1 spiro atoms. The SMILES string of the molecule is CCN(C(=O)c1cc(F)ccc1Oc1nncnc1N1CCC2(C1)CN(C(CCCN(C)C(C)CC(=O)NC)C(C)C)C2)C(C)C.O=C(O)/C=C/C(=O)O. The number of carbonyl (C=O) groups is 4. The number of aromatic nitrogens is 3. The minimum atomic E-state index is -1.26. The Morgan fingerprint density at radius 3 is 2.31 bits per heavy atom. The van der Waals surface area contributed by atoms with Crippen molar-refractivity contribution in [2.45, 2.75) is 85.4 Å². The van der Waals surface area contributed by atoms with E-state index in [4.69, 9.17) is 14.9 Å². The van der Waals surface area contributed by atoms with Gasteiger partial charge in [-0.3, -0.25) is 14.5 Å². The predicted octanol–water partition coefficient (Wildman–Crippen LogP) is 4.16. The fraction of sp³-hybridized carbons (Fsp3) is 0.605. The minimum absolute atomic E-state index is 0.0502. The first kappa shape index (κ1) is 43.7. The van der Waals surface area contributed by atoms with Crippen molar-refractivity contribution < 1.29 is 38.5 Å². The van der Waals surface area contributed by atoms with Crippen LogP contribution in [0, 0.1) is 17.2 Å². The Labute approximate surface area is 317 Å². The van der Waals surface area contributed by atoms with Crippen LogP contribution in [-0.2, 0) is 14.4 Å². The molecule has 2 aromatic rings. The number of halogens is 1. The number of aliphatic carboxylic acids is 2. The number of ether oxygens (including phenoxy) is 1. The van der Waals surface area contributed by atoms with Gasteiger partial charge in [-0.15, -0.1) is 10.2 Å². The quantitative estimate of drug-likeness (QED) is 0.196. The van der Waals surface area contributed by atoms with Crippen molar-refractivity contribution >= 4 is 29.6 Å². The van der Waals surface area contributed by atoms with Crippen LogP contribution in [-0.4, -0.2) is 135 Å². The molecule has 0 radical (unpaired) electrons. The monoisotopic (exact) mass is 756 g/mol. The molecule has 1 aromatic carbocycles. The number of rotatable bonds is 17. The Kier molecular flexibility index (Phi) is 16.3. The molecule has 2 aliphatic heterocycles. The second kappa shape index (κ2) is 20.1. The molecule has 0 saturated carbocycles. The van der Waals surface area contributed by atoms with Crippen molar-refractivity contribution in [3.8, 4) is 11.6 Å². The molecule has 2 aliphatic rings. The zero-order valence-electron chi connectivity index (χ0n) is 32.8. The molecule has 2 saturated heterocycles. The lowest BCUT2D eigenvalue weighted by Gasteiger charge is -2.53. The van der Waals surface area contributed by atoms with E-state index in [1.807, 2.05) is 20.8 Å². The molecule has 54 heavy (non-hydrogen) atoms. The summed E-state index contributed by atoms with van der Waals surface area (Å²) < 4.78 is 20.5. The number of nitrogens with zero attached hydrogens (tertiary/aromatic N) is 7. The fourth-order valence-electron chi connectivity index (χ4n) is 7.10. The maximum absolute atomic E-state index is 14.3. The van der Waals surface area contributed by atoms with E-state index in [0.717, 1.165) is 52.0 Å². The maximum Gasteiger partial charge on any atom is 0.328 e. The summed E-state index contributed by atoms with van der Waals surface area (Å²) in [5, 5.41) is 26.6. The summed E-state index contributed by atoms with van der Waals surface area (Å²) in [5.41, 5.74) is 0.316. The third kappa shape index (κ3) is 12.2. The average Bonchev–Trinajstić information content (AvgIpc) is 3.55. The van der Waals surface area contributed by atoms with E-state index >= 15 is 0 Å². The van der Waals surface area contributed by atoms with Crippen LogP contribution in [0.1, 0.15) is 77.6 Å². The first-order valence-electron chi connectivity index (χ1n) is 18.5. The van der Waals surface area contributed by atoms with Gasteiger partial charge in [-0.25, -0.2) is 19.0 Å². The maximum atomic E-state index is 14.3. The molecule has 15 nitrogen and oxygen atoms in total. The lowest BCUT2D eigenvalue weighted by molar-refractivity contribution is -0.134. The number of anilines is 1. The highest BCUT2D eigenvalue weighted by Gasteiger charge is 2.50. The number of carboxylic acid groups (broad SMARTS) is 2. The van der Waals surface area contributed by atoms with Crippen molar-refractivity contribution in [1.82, 2.24) is 35.2 Å². The summed E-state index contributed by atoms with van der Waals surface area (Å²) in [6.45, 7) is 17.6. The van der Waals surface area contributed by atoms with E-state index in [1.165, 1.54) is 24.5 Å². The summed E-state index contributed by atoms with van der Waals surface area (Å²) in [6.07, 6.45) is 6.28. The van der Waals surface area contributed by atoms with Crippen LogP contribution in [0.15, 0.2) is 36.7 Å². The highest BCUT2D eigenvalue weighted by molar-refractivity contribution is 5.97. The molecule has 1 aromatic heterocycles. The van der Waals surface area contributed by atoms with Crippen molar-refractivity contribution in [2.24, 2.45) is 11.3 Å². The standard InChI is InChI=1S/C34H53FN8O3.C4H4O4/c1-9-43(24(4)5)33(45)27-18-26(35)12-13-29(27)46-32-31(37-22-38-39-32)41-16-14-34(19-41)20-42(21-34)28(23(2)3)11-10-15-40(8)25(6)17-30(44)36-7;5-3(6)1-2-4(7)8/h12-13,18,22-25,28H,9-11,14-17,19-21H2,1-8H3,(H,36,44);1-2H,(H,5,6)(H,7,8)/b;2-1+. The molecule has 3 N–H and O–H groups in total. The third-order valence-electron chi connectivity index (χ3n) is 10.1. The topological polar surface area (TPSA) is 182 Å². The zero-order chi connectivity index (χ0) is 40.2. The summed E-state index contributed by atoms with van der Waals surface area (Å²) in [7, 11) is 3.79. The van der Waals surface area contributed by atoms with E-state index in [1.54, 1.807) is 11.9 Å². The molecule has 2 atom stereocenters. The van der Waals surface area contributed by atoms with Gasteiger partial charge in [0.15, 0.2) is 5.82 Å². The molecule has 4 rings (SSSR count). The third-order valence-corrected chi connectivity index (χ3v) is 10.1. The van der Waals surface area contributed by atoms with Crippen LogP contribution in [0.2, 0.25) is 0 Å². The van der Waals surface area contributed by atoms with E-state index < -0.39 is 17.8 Å². The highest BCUT2D eigenvalue weighted by Crippen LogP contribution is 2.44. The van der Waals surface area contributed by atoms with Crippen molar-refractivity contribution in [3.05, 3.63) is 48.1 Å². The Morgan fingerprint density at radius 2 is 1.74 bits per heavy atom. The van der Waals surface area contributed by atoms with Crippen LogP contribution in [0.5, 0.6) is 11.6 Å². The smallest absolute Gasteiger partial charge is 0.328 e. The molecule has 298 valence electrons. The van der Waals surface area contributed by atoms with Gasteiger partial charge in [0.05, 0.1) is 5.56 Å². The Morgan fingerprint density at radius 1 is 1.07 bits per heavy atom. The van der Waals surface area contributed by atoms with Gasteiger partial charge in [0, 0.05) is 81.9 Å². The number of likely N-dealkylation sites (tertiary alicyclic amines) is 1. The average molecular weight is 757 g/mol. The number of hydrogen-bond donors (Lipinski definition) is 3. The second-order valence-electron chi connectivity index (χ2n) is 14.8. The van der Waals surface area contributed by atoms with E-state index in [-0.39, 0.29) is 46.5 Å². The lowest BCUT2D eigenvalue weighted by atomic mass is 9.76. The summed E-state index contributed by atoms with van der Waals surface area (Å²) in [6, 6.07) is 4.63. The molecule has 16 heteroatoms. The van der Waals surface area contributed by atoms with E-state index in [9.17, 15) is 23.6 Å². The number of nitrogens with one attached hydrogen (secondary N) is 1. The van der Waals surface area contributed by atoms with Gasteiger partial charge in [0.1, 0.15) is 17.9 Å². The van der Waals surface area contributed by atoms with Gasteiger partial charge in [0.25, 0.3) is 11.8 Å². The second-order valence-corrected chi connectivity index (χ2v) is 14.8. The summed E-state index contributed by atoms with van der Waals surface area (Å²) in [4.78, 5) is 57.6. The molecule has 3 heterocycles. The number of amides is 2. The van der Waals surface area contributed by atoms with Crippen molar-refractivity contribution in [1.29, 1.82) is 0 Å². The molecule has 2 fully saturated rings. The lowest BCUT2D eigenvalue weighted by Crippen LogP contribution is -2.62. The first-order chi connectivity index (χ1) is 25.5. The van der Waals surface area contributed by atoms with Gasteiger partial charge < -0.3 is 35.0 Å². The van der Waals surface area contributed by atoms with Gasteiger partial charge in [0.2, 0.25) is 5.91 Å². The van der Waals surface area contributed by atoms with Gasteiger partial charge >= 0.3 is 11.9 Å². The Balaban J connectivity index is 0.000000879. The Hall–Kier alpha value is -4.70. The molecular formula is C38H57FN8O7. The number of hydrogen-bond acceptors (Lipinski definition) is 11. The van der Waals surface area contributed by atoms with E-state index in [0.29, 0.717) is 42.9 Å². The summed E-state index contributed by atoms with van der Waals surface area (Å²) in [5.74, 6) is -1.69. The number of carboxylic acids is 2. The van der Waals surface area contributed by atoms with Crippen LogP contribution in [0.25, 0.3) is 0 Å². The van der Waals surface area contributed by atoms with Crippen LogP contribution in [0.3, 0.4) is 0 Å².